The van der Waals surface area contributed by atoms with Gasteiger partial charge in [-0.25, -0.2) is 4.79 Å². The zero-order chi connectivity index (χ0) is 24.4. The van der Waals surface area contributed by atoms with Crippen LogP contribution >= 0.6 is 0 Å². The average molecular weight is 458 g/mol. The molecule has 1 unspecified atom stereocenters. The number of hydrogen-bond donors (Lipinski definition) is 0. The lowest BCUT2D eigenvalue weighted by Crippen LogP contribution is -2.29. The fourth-order valence-corrected chi connectivity index (χ4v) is 4.74. The Kier molecular flexibility index (Phi) is 6.70. The molecule has 2 aromatic carbocycles. The first-order valence-electron chi connectivity index (χ1n) is 11.3. The van der Waals surface area contributed by atoms with Crippen molar-refractivity contribution in [3.8, 4) is 28.0 Å². The Morgan fingerprint density at radius 1 is 0.971 bits per heavy atom. The van der Waals surface area contributed by atoms with E-state index in [0.717, 1.165) is 38.9 Å². The van der Waals surface area contributed by atoms with Crippen LogP contribution in [-0.2, 0) is 4.74 Å². The van der Waals surface area contributed by atoms with Crippen molar-refractivity contribution < 1.29 is 14.3 Å². The first kappa shape index (κ1) is 23.5. The molecule has 0 aliphatic carbocycles. The normalized spacial score (nSPS) is 12.4. The third-order valence-electron chi connectivity index (χ3n) is 6.13. The Bertz CT molecular complexity index is 1320. The largest absolute Gasteiger partial charge is 0.497 e. The summed E-state index contributed by atoms with van der Waals surface area (Å²) in [6.45, 7) is 4.40. The second kappa shape index (κ2) is 9.69. The summed E-state index contributed by atoms with van der Waals surface area (Å²) in [7, 11) is 7.23. The average Bonchev–Trinajstić information content (AvgIpc) is 3.22. The molecular formula is C28H31N3O3. The van der Waals surface area contributed by atoms with Crippen molar-refractivity contribution in [3.05, 3.63) is 72.7 Å². The number of methoxy groups -OCH3 is 2. The highest BCUT2D eigenvalue weighted by molar-refractivity contribution is 6.10. The van der Waals surface area contributed by atoms with E-state index in [9.17, 15) is 4.79 Å². The number of rotatable bonds is 7. The van der Waals surface area contributed by atoms with Crippen molar-refractivity contribution in [2.45, 2.75) is 20.0 Å². The Morgan fingerprint density at radius 2 is 1.71 bits per heavy atom. The predicted molar refractivity (Wildman–Crippen MR) is 136 cm³/mol. The maximum absolute atomic E-state index is 12.7. The molecule has 6 nitrogen and oxygen atoms in total. The van der Waals surface area contributed by atoms with Crippen LogP contribution < -0.4 is 4.74 Å². The summed E-state index contributed by atoms with van der Waals surface area (Å²) >= 11 is 0. The molecule has 0 saturated heterocycles. The molecule has 0 aliphatic heterocycles. The number of carbonyl (C=O) groups is 1. The number of ether oxygens (including phenoxy) is 2. The standard InChI is InChI=1S/C28H31N3O3/c1-18(2)27(30(3)4)31-17-24(26-23(28(32)34-6)11-8-12-25(26)31)21-13-20(15-29-16-21)19-9-7-10-22(14-19)33-5/h7-18,27H,1-6H3. The molecule has 0 amide bonds. The summed E-state index contributed by atoms with van der Waals surface area (Å²) in [6, 6.07) is 15.8. The lowest BCUT2D eigenvalue weighted by Gasteiger charge is -2.30. The molecule has 0 aliphatic rings. The number of carbonyl (C=O) groups excluding carboxylic acids is 1. The smallest absolute Gasteiger partial charge is 0.338 e. The summed E-state index contributed by atoms with van der Waals surface area (Å²) in [5.74, 6) is 0.784. The molecule has 2 heterocycles. The SMILES string of the molecule is COC(=O)c1cccc2c1c(-c1cncc(-c3cccc(OC)c3)c1)cn2C(C(C)C)N(C)C. The topological polar surface area (TPSA) is 56.6 Å². The third-order valence-corrected chi connectivity index (χ3v) is 6.13. The van der Waals surface area contributed by atoms with Crippen molar-refractivity contribution >= 4 is 16.9 Å². The minimum absolute atomic E-state index is 0.110. The van der Waals surface area contributed by atoms with Crippen LogP contribution in [0.3, 0.4) is 0 Å². The number of benzene rings is 2. The van der Waals surface area contributed by atoms with Gasteiger partial charge in [0.1, 0.15) is 5.75 Å². The first-order chi connectivity index (χ1) is 16.3. The lowest BCUT2D eigenvalue weighted by atomic mass is 9.99. The quantitative estimate of drug-likeness (QED) is 0.324. The van der Waals surface area contributed by atoms with Crippen LogP contribution in [-0.4, -0.2) is 48.7 Å². The van der Waals surface area contributed by atoms with Gasteiger partial charge in [-0.3, -0.25) is 9.88 Å². The van der Waals surface area contributed by atoms with E-state index in [1.54, 1.807) is 7.11 Å². The molecule has 6 heteroatoms. The summed E-state index contributed by atoms with van der Waals surface area (Å²) in [5, 5.41) is 0.867. The fourth-order valence-electron chi connectivity index (χ4n) is 4.74. The molecule has 0 fully saturated rings. The number of pyridine rings is 1. The van der Waals surface area contributed by atoms with E-state index in [-0.39, 0.29) is 12.1 Å². The Labute approximate surface area is 200 Å². The van der Waals surface area contributed by atoms with Crippen LogP contribution in [0.25, 0.3) is 33.2 Å². The van der Waals surface area contributed by atoms with E-state index in [0.29, 0.717) is 11.5 Å². The monoisotopic (exact) mass is 457 g/mol. The molecule has 0 radical (unpaired) electrons. The molecule has 0 spiro atoms. The summed E-state index contributed by atoms with van der Waals surface area (Å²) < 4.78 is 12.8. The highest BCUT2D eigenvalue weighted by atomic mass is 16.5. The maximum atomic E-state index is 12.7. The van der Waals surface area contributed by atoms with E-state index in [1.807, 2.05) is 48.8 Å². The Balaban J connectivity index is 1.98. The van der Waals surface area contributed by atoms with E-state index in [4.69, 9.17) is 9.47 Å². The summed E-state index contributed by atoms with van der Waals surface area (Å²) in [6.07, 6.45) is 5.93. The summed E-state index contributed by atoms with van der Waals surface area (Å²) in [4.78, 5) is 19.5. The van der Waals surface area contributed by atoms with Crippen molar-refractivity contribution in [1.29, 1.82) is 0 Å². The minimum Gasteiger partial charge on any atom is -0.497 e. The second-order valence-corrected chi connectivity index (χ2v) is 8.96. The van der Waals surface area contributed by atoms with E-state index < -0.39 is 0 Å². The van der Waals surface area contributed by atoms with Crippen molar-refractivity contribution in [3.63, 3.8) is 0 Å². The van der Waals surface area contributed by atoms with Crippen molar-refractivity contribution in [2.24, 2.45) is 5.92 Å². The van der Waals surface area contributed by atoms with Gasteiger partial charge >= 0.3 is 5.97 Å². The van der Waals surface area contributed by atoms with Crippen LogP contribution in [0, 0.1) is 5.92 Å². The van der Waals surface area contributed by atoms with Gasteiger partial charge in [-0.05, 0) is 55.9 Å². The number of nitrogens with zero attached hydrogens (tertiary/aromatic N) is 3. The van der Waals surface area contributed by atoms with Gasteiger partial charge in [0.25, 0.3) is 0 Å². The molecule has 0 saturated carbocycles. The minimum atomic E-state index is -0.354. The molecule has 34 heavy (non-hydrogen) atoms. The zero-order valence-corrected chi connectivity index (χ0v) is 20.6. The number of aromatic nitrogens is 2. The fraction of sp³-hybridized carbons (Fsp3) is 0.286. The van der Waals surface area contributed by atoms with E-state index in [1.165, 1.54) is 7.11 Å². The third kappa shape index (κ3) is 4.29. The molecule has 2 aromatic heterocycles. The van der Waals surface area contributed by atoms with Gasteiger partial charge in [-0.1, -0.05) is 32.0 Å². The van der Waals surface area contributed by atoms with Crippen LogP contribution in [0.4, 0.5) is 0 Å². The van der Waals surface area contributed by atoms with Gasteiger partial charge in [0.15, 0.2) is 0 Å². The lowest BCUT2D eigenvalue weighted by molar-refractivity contribution is 0.0603. The highest BCUT2D eigenvalue weighted by Crippen LogP contribution is 2.38. The first-order valence-corrected chi connectivity index (χ1v) is 11.3. The van der Waals surface area contributed by atoms with Gasteiger partial charge in [-0.15, -0.1) is 0 Å². The number of hydrogen-bond acceptors (Lipinski definition) is 5. The van der Waals surface area contributed by atoms with Crippen molar-refractivity contribution in [2.75, 3.05) is 28.3 Å². The van der Waals surface area contributed by atoms with Crippen LogP contribution in [0.5, 0.6) is 5.75 Å². The van der Waals surface area contributed by atoms with Crippen LogP contribution in [0.2, 0.25) is 0 Å². The highest BCUT2D eigenvalue weighted by Gasteiger charge is 2.25. The Morgan fingerprint density at radius 3 is 2.38 bits per heavy atom. The number of fused-ring (bicyclic) bond motifs is 1. The van der Waals surface area contributed by atoms with E-state index in [2.05, 4.69) is 60.7 Å². The Hall–Kier alpha value is -3.64. The molecule has 4 aromatic rings. The predicted octanol–water partition coefficient (Wildman–Crippen LogP) is 5.88. The van der Waals surface area contributed by atoms with Gasteiger partial charge in [0.2, 0.25) is 0 Å². The molecular weight excluding hydrogens is 426 g/mol. The van der Waals surface area contributed by atoms with E-state index >= 15 is 0 Å². The van der Waals surface area contributed by atoms with Gasteiger partial charge < -0.3 is 14.0 Å². The number of esters is 1. The van der Waals surface area contributed by atoms with Gasteiger partial charge in [0, 0.05) is 40.7 Å². The molecule has 4 rings (SSSR count). The second-order valence-electron chi connectivity index (χ2n) is 8.96. The van der Waals surface area contributed by atoms with Gasteiger partial charge in [-0.2, -0.15) is 0 Å². The van der Waals surface area contributed by atoms with Crippen LogP contribution in [0.1, 0.15) is 30.4 Å². The summed E-state index contributed by atoms with van der Waals surface area (Å²) in [5.41, 5.74) is 5.39. The molecule has 0 bridgehead atoms. The molecule has 176 valence electrons. The van der Waals surface area contributed by atoms with Crippen LogP contribution in [0.15, 0.2) is 67.1 Å². The molecule has 0 N–H and O–H groups in total. The molecule has 1 atom stereocenters. The van der Waals surface area contributed by atoms with Gasteiger partial charge in [0.05, 0.1) is 31.5 Å². The maximum Gasteiger partial charge on any atom is 0.338 e. The zero-order valence-electron chi connectivity index (χ0n) is 20.6. The van der Waals surface area contributed by atoms with Crippen molar-refractivity contribution in [1.82, 2.24) is 14.5 Å².